The summed E-state index contributed by atoms with van der Waals surface area (Å²) < 4.78 is 42.6. The van der Waals surface area contributed by atoms with Gasteiger partial charge in [-0.15, -0.1) is 0 Å². The summed E-state index contributed by atoms with van der Waals surface area (Å²) in [5.41, 5.74) is 2.38. The van der Waals surface area contributed by atoms with Gasteiger partial charge < -0.3 is 10.1 Å². The predicted octanol–water partition coefficient (Wildman–Crippen LogP) is 2.91. The lowest BCUT2D eigenvalue weighted by molar-refractivity contribution is -0.122. The molecule has 1 unspecified atom stereocenters. The standard InChI is InChI=1S/C23H22N4O4S2/c1-31-20-12-6-5-10-17(20)15-24-23(28)19(14-16-8-3-2-4-9-16)27-33(29,30)21-13-7-11-18-22(21)26-32-25-18/h2-13,19,27H,14-15H2,1H3,(H,24,28). The molecule has 0 bridgehead atoms. The predicted molar refractivity (Wildman–Crippen MR) is 127 cm³/mol. The number of nitrogens with zero attached hydrogens (tertiary/aromatic N) is 2. The molecule has 1 amide bonds. The molecule has 8 nitrogen and oxygen atoms in total. The number of carbonyl (C=O) groups excluding carboxylic acids is 1. The van der Waals surface area contributed by atoms with Crippen LogP contribution in [0.2, 0.25) is 0 Å². The smallest absolute Gasteiger partial charge is 0.243 e. The van der Waals surface area contributed by atoms with Crippen LogP contribution in [-0.4, -0.2) is 36.2 Å². The lowest BCUT2D eigenvalue weighted by Crippen LogP contribution is -2.47. The monoisotopic (exact) mass is 482 g/mol. The summed E-state index contributed by atoms with van der Waals surface area (Å²) in [5, 5.41) is 2.83. The first kappa shape index (κ1) is 22.8. The van der Waals surface area contributed by atoms with Gasteiger partial charge in [0.05, 0.1) is 18.8 Å². The van der Waals surface area contributed by atoms with Crippen molar-refractivity contribution in [3.05, 3.63) is 83.9 Å². The second-order valence-electron chi connectivity index (χ2n) is 7.28. The summed E-state index contributed by atoms with van der Waals surface area (Å²) in [6.07, 6.45) is 0.184. The van der Waals surface area contributed by atoms with E-state index in [-0.39, 0.29) is 23.4 Å². The molecule has 0 aliphatic rings. The van der Waals surface area contributed by atoms with Gasteiger partial charge in [-0.3, -0.25) is 4.79 Å². The third-order valence-electron chi connectivity index (χ3n) is 5.08. The van der Waals surface area contributed by atoms with Gasteiger partial charge in [0.15, 0.2) is 0 Å². The number of amides is 1. The number of hydrogen-bond acceptors (Lipinski definition) is 7. The summed E-state index contributed by atoms with van der Waals surface area (Å²) in [4.78, 5) is 13.1. The van der Waals surface area contributed by atoms with Crippen LogP contribution in [0.1, 0.15) is 11.1 Å². The Morgan fingerprint density at radius 1 is 1.00 bits per heavy atom. The van der Waals surface area contributed by atoms with Gasteiger partial charge in [0.1, 0.15) is 27.7 Å². The molecule has 10 heteroatoms. The van der Waals surface area contributed by atoms with Crippen LogP contribution < -0.4 is 14.8 Å². The molecule has 0 spiro atoms. The number of carbonyl (C=O) groups is 1. The molecule has 4 rings (SSSR count). The largest absolute Gasteiger partial charge is 0.496 e. The maximum atomic E-state index is 13.2. The van der Waals surface area contributed by atoms with Gasteiger partial charge in [0.2, 0.25) is 15.9 Å². The third-order valence-corrected chi connectivity index (χ3v) is 7.13. The SMILES string of the molecule is COc1ccccc1CNC(=O)C(Cc1ccccc1)NS(=O)(=O)c1cccc2nsnc12. The number of nitrogens with one attached hydrogen (secondary N) is 2. The topological polar surface area (TPSA) is 110 Å². The maximum absolute atomic E-state index is 13.2. The lowest BCUT2D eigenvalue weighted by Gasteiger charge is -2.19. The highest BCUT2D eigenvalue weighted by molar-refractivity contribution is 7.89. The molecule has 1 atom stereocenters. The Kier molecular flexibility index (Phi) is 6.97. The highest BCUT2D eigenvalue weighted by Crippen LogP contribution is 2.22. The van der Waals surface area contributed by atoms with E-state index in [1.165, 1.54) is 6.07 Å². The van der Waals surface area contributed by atoms with Crippen LogP contribution in [0.25, 0.3) is 11.0 Å². The number of fused-ring (bicyclic) bond motifs is 1. The molecule has 0 radical (unpaired) electrons. The quantitative estimate of drug-likeness (QED) is 0.380. The molecule has 0 saturated heterocycles. The molecular weight excluding hydrogens is 460 g/mol. The number of sulfonamides is 1. The first-order chi connectivity index (χ1) is 16.0. The zero-order valence-corrected chi connectivity index (χ0v) is 19.4. The fraction of sp³-hybridized carbons (Fsp3) is 0.174. The van der Waals surface area contributed by atoms with Gasteiger partial charge in [-0.2, -0.15) is 13.5 Å². The van der Waals surface area contributed by atoms with E-state index in [0.29, 0.717) is 11.3 Å². The molecule has 0 fully saturated rings. The summed E-state index contributed by atoms with van der Waals surface area (Å²) in [7, 11) is -2.49. The van der Waals surface area contributed by atoms with Crippen molar-refractivity contribution in [2.24, 2.45) is 0 Å². The van der Waals surface area contributed by atoms with Crippen LogP contribution in [0, 0.1) is 0 Å². The number of aromatic nitrogens is 2. The van der Waals surface area contributed by atoms with Crippen LogP contribution in [0.15, 0.2) is 77.7 Å². The highest BCUT2D eigenvalue weighted by Gasteiger charge is 2.28. The van der Waals surface area contributed by atoms with Crippen molar-refractivity contribution in [3.63, 3.8) is 0 Å². The Labute approximate surface area is 196 Å². The van der Waals surface area contributed by atoms with Gasteiger partial charge >= 0.3 is 0 Å². The van der Waals surface area contributed by atoms with Crippen LogP contribution in [0.5, 0.6) is 5.75 Å². The van der Waals surface area contributed by atoms with Crippen molar-refractivity contribution in [3.8, 4) is 5.75 Å². The van der Waals surface area contributed by atoms with Crippen molar-refractivity contribution in [1.29, 1.82) is 0 Å². The maximum Gasteiger partial charge on any atom is 0.243 e. The lowest BCUT2D eigenvalue weighted by atomic mass is 10.1. The van der Waals surface area contributed by atoms with Crippen molar-refractivity contribution in [2.75, 3.05) is 7.11 Å². The molecule has 1 heterocycles. The van der Waals surface area contributed by atoms with Crippen LogP contribution in [-0.2, 0) is 27.8 Å². The Bertz CT molecular complexity index is 1360. The van der Waals surface area contributed by atoms with Crippen molar-refractivity contribution < 1.29 is 17.9 Å². The zero-order valence-electron chi connectivity index (χ0n) is 17.8. The van der Waals surface area contributed by atoms with E-state index < -0.39 is 22.0 Å². The van der Waals surface area contributed by atoms with Gasteiger partial charge in [0, 0.05) is 12.1 Å². The third kappa shape index (κ3) is 5.36. The minimum absolute atomic E-state index is 0.00987. The summed E-state index contributed by atoms with van der Waals surface area (Å²) in [6, 6.07) is 20.3. The molecule has 2 N–H and O–H groups in total. The summed E-state index contributed by atoms with van der Waals surface area (Å²) in [6.45, 7) is 0.196. The van der Waals surface area contributed by atoms with E-state index >= 15 is 0 Å². The zero-order chi connectivity index (χ0) is 23.3. The normalized spacial score (nSPS) is 12.4. The molecule has 4 aromatic rings. The first-order valence-corrected chi connectivity index (χ1v) is 12.4. The average Bonchev–Trinajstić information content (AvgIpc) is 3.31. The van der Waals surface area contributed by atoms with E-state index in [1.54, 1.807) is 25.3 Å². The number of rotatable bonds is 9. The molecule has 0 aliphatic carbocycles. The second-order valence-corrected chi connectivity index (χ2v) is 9.49. The van der Waals surface area contributed by atoms with E-state index in [1.807, 2.05) is 48.5 Å². The van der Waals surface area contributed by atoms with Gasteiger partial charge in [-0.25, -0.2) is 8.42 Å². The fourth-order valence-corrected chi connectivity index (χ4v) is 5.40. The Balaban J connectivity index is 1.59. The van der Waals surface area contributed by atoms with Crippen molar-refractivity contribution >= 4 is 38.7 Å². The Morgan fingerprint density at radius 3 is 2.55 bits per heavy atom. The second kappa shape index (κ2) is 10.1. The fourth-order valence-electron chi connectivity index (χ4n) is 3.44. The van der Waals surface area contributed by atoms with Crippen molar-refractivity contribution in [2.45, 2.75) is 23.9 Å². The van der Waals surface area contributed by atoms with E-state index in [4.69, 9.17) is 4.74 Å². The number of para-hydroxylation sites is 1. The van der Waals surface area contributed by atoms with Crippen LogP contribution >= 0.6 is 11.7 Å². The van der Waals surface area contributed by atoms with Crippen LogP contribution in [0.3, 0.4) is 0 Å². The molecule has 0 aliphatic heterocycles. The molecule has 170 valence electrons. The van der Waals surface area contributed by atoms with Gasteiger partial charge in [-0.1, -0.05) is 54.6 Å². The van der Waals surface area contributed by atoms with Gasteiger partial charge in [-0.05, 0) is 30.2 Å². The molecular formula is C23H22N4O4S2. The Hall–Kier alpha value is -3.34. The van der Waals surface area contributed by atoms with E-state index in [2.05, 4.69) is 18.8 Å². The number of hydrogen-bond donors (Lipinski definition) is 2. The highest BCUT2D eigenvalue weighted by atomic mass is 32.2. The number of ether oxygens (including phenoxy) is 1. The number of methoxy groups -OCH3 is 1. The molecule has 3 aromatic carbocycles. The van der Waals surface area contributed by atoms with Crippen molar-refractivity contribution in [1.82, 2.24) is 18.8 Å². The van der Waals surface area contributed by atoms with E-state index in [0.717, 1.165) is 22.9 Å². The summed E-state index contributed by atoms with van der Waals surface area (Å²) >= 11 is 0.937. The van der Waals surface area contributed by atoms with E-state index in [9.17, 15) is 13.2 Å². The minimum Gasteiger partial charge on any atom is -0.496 e. The molecule has 1 aromatic heterocycles. The molecule has 33 heavy (non-hydrogen) atoms. The molecule has 0 saturated carbocycles. The van der Waals surface area contributed by atoms with Gasteiger partial charge in [0.25, 0.3) is 0 Å². The Morgan fingerprint density at radius 2 is 1.76 bits per heavy atom. The summed E-state index contributed by atoms with van der Waals surface area (Å²) in [5.74, 6) is 0.192. The first-order valence-electron chi connectivity index (χ1n) is 10.1. The number of benzene rings is 3. The minimum atomic E-state index is -4.05. The average molecular weight is 483 g/mol. The van der Waals surface area contributed by atoms with Crippen LogP contribution in [0.4, 0.5) is 0 Å².